The highest BCUT2D eigenvalue weighted by atomic mass is 32.2. The van der Waals surface area contributed by atoms with Gasteiger partial charge in [-0.05, 0) is 11.6 Å². The van der Waals surface area contributed by atoms with Gasteiger partial charge in [0.15, 0.2) is 0 Å². The molecule has 104 valence electrons. The molecule has 0 aromatic heterocycles. The fourth-order valence-electron chi connectivity index (χ4n) is 2.16. The minimum Gasteiger partial charge on any atom is -0.326 e. The van der Waals surface area contributed by atoms with Crippen LogP contribution >= 0.6 is 11.8 Å². The van der Waals surface area contributed by atoms with Crippen LogP contribution in [0.15, 0.2) is 24.3 Å². The van der Waals surface area contributed by atoms with Crippen LogP contribution in [0, 0.1) is 0 Å². The zero-order valence-corrected chi connectivity index (χ0v) is 11.2. The fourth-order valence-corrected chi connectivity index (χ4v) is 3.47. The van der Waals surface area contributed by atoms with E-state index in [4.69, 9.17) is 0 Å². The number of carbonyl (C=O) groups excluding carboxylic acids is 1. The Balaban J connectivity index is 2.39. The Kier molecular flexibility index (Phi) is 4.08. The van der Waals surface area contributed by atoms with Gasteiger partial charge in [0.2, 0.25) is 5.91 Å². The van der Waals surface area contributed by atoms with Gasteiger partial charge in [0, 0.05) is 18.7 Å². The molecule has 2 nitrogen and oxygen atoms in total. The third kappa shape index (κ3) is 2.88. The molecule has 1 aliphatic rings. The molecule has 2 rings (SSSR count). The van der Waals surface area contributed by atoms with Gasteiger partial charge in [0.1, 0.15) is 5.37 Å². The van der Waals surface area contributed by atoms with Crippen LogP contribution in [-0.2, 0) is 11.0 Å². The monoisotopic (exact) mass is 289 g/mol. The number of thioether (sulfide) groups is 1. The summed E-state index contributed by atoms with van der Waals surface area (Å²) in [5.74, 6) is 0.565. The molecule has 1 atom stereocenters. The minimum absolute atomic E-state index is 0.105. The lowest BCUT2D eigenvalue weighted by molar-refractivity contribution is -0.139. The molecule has 0 spiro atoms. The SMILES string of the molecule is CCC(=O)N1CCSC1c1ccccc1C(F)(F)F. The lowest BCUT2D eigenvalue weighted by atomic mass is 10.1. The standard InChI is InChI=1S/C13H14F3NOS/c1-2-11(18)17-7-8-19-12(17)9-5-3-4-6-10(9)13(14,15)16/h3-6,12H,2,7-8H2,1H3. The second-order valence-corrected chi connectivity index (χ2v) is 5.44. The number of hydrogen-bond acceptors (Lipinski definition) is 2. The van der Waals surface area contributed by atoms with Crippen molar-refractivity contribution in [3.05, 3.63) is 35.4 Å². The summed E-state index contributed by atoms with van der Waals surface area (Å²) in [6, 6.07) is 5.49. The van der Waals surface area contributed by atoms with Crippen LogP contribution in [0.2, 0.25) is 0 Å². The normalized spacial score (nSPS) is 19.8. The van der Waals surface area contributed by atoms with Crippen LogP contribution in [0.4, 0.5) is 13.2 Å². The quantitative estimate of drug-likeness (QED) is 0.827. The molecule has 1 unspecified atom stereocenters. The Hall–Kier alpha value is -1.17. The van der Waals surface area contributed by atoms with E-state index in [9.17, 15) is 18.0 Å². The molecule has 0 aliphatic carbocycles. The van der Waals surface area contributed by atoms with Crippen LogP contribution in [0.3, 0.4) is 0 Å². The van der Waals surface area contributed by atoms with Crippen LogP contribution in [0.25, 0.3) is 0 Å². The summed E-state index contributed by atoms with van der Waals surface area (Å²) in [6.45, 7) is 2.23. The van der Waals surface area contributed by atoms with Crippen molar-refractivity contribution in [2.45, 2.75) is 24.9 Å². The van der Waals surface area contributed by atoms with Gasteiger partial charge in [-0.1, -0.05) is 25.1 Å². The first kappa shape index (κ1) is 14.2. The third-order valence-corrected chi connectivity index (χ3v) is 4.29. The summed E-state index contributed by atoms with van der Waals surface area (Å²) in [7, 11) is 0. The van der Waals surface area contributed by atoms with Gasteiger partial charge in [-0.3, -0.25) is 4.79 Å². The number of rotatable bonds is 2. The predicted octanol–water partition coefficient (Wildman–Crippen LogP) is 3.69. The molecule has 0 N–H and O–H groups in total. The highest BCUT2D eigenvalue weighted by molar-refractivity contribution is 7.99. The van der Waals surface area contributed by atoms with E-state index in [-0.39, 0.29) is 11.5 Å². The van der Waals surface area contributed by atoms with Gasteiger partial charge in [-0.2, -0.15) is 13.2 Å². The van der Waals surface area contributed by atoms with E-state index in [0.29, 0.717) is 18.7 Å². The van der Waals surface area contributed by atoms with E-state index < -0.39 is 17.1 Å². The Labute approximate surface area is 114 Å². The van der Waals surface area contributed by atoms with E-state index >= 15 is 0 Å². The van der Waals surface area contributed by atoms with E-state index in [1.165, 1.54) is 28.8 Å². The van der Waals surface area contributed by atoms with Crippen LogP contribution < -0.4 is 0 Å². The molecule has 0 radical (unpaired) electrons. The largest absolute Gasteiger partial charge is 0.416 e. The number of amides is 1. The maximum absolute atomic E-state index is 13.0. The lowest BCUT2D eigenvalue weighted by Gasteiger charge is -2.26. The first-order chi connectivity index (χ1) is 8.95. The third-order valence-electron chi connectivity index (χ3n) is 3.05. The zero-order valence-electron chi connectivity index (χ0n) is 10.4. The van der Waals surface area contributed by atoms with Crippen molar-refractivity contribution in [1.82, 2.24) is 4.90 Å². The topological polar surface area (TPSA) is 20.3 Å². The van der Waals surface area contributed by atoms with Gasteiger partial charge in [-0.15, -0.1) is 11.8 Å². The van der Waals surface area contributed by atoms with E-state index in [1.54, 1.807) is 13.0 Å². The Morgan fingerprint density at radius 3 is 2.74 bits per heavy atom. The number of carbonyl (C=O) groups is 1. The van der Waals surface area contributed by atoms with Gasteiger partial charge in [-0.25, -0.2) is 0 Å². The van der Waals surface area contributed by atoms with E-state index in [1.807, 2.05) is 0 Å². The van der Waals surface area contributed by atoms with Gasteiger partial charge in [0.05, 0.1) is 5.56 Å². The maximum atomic E-state index is 13.0. The summed E-state index contributed by atoms with van der Waals surface area (Å²) in [5.41, 5.74) is -0.470. The number of alkyl halides is 3. The molecule has 1 heterocycles. The van der Waals surface area contributed by atoms with Crippen molar-refractivity contribution < 1.29 is 18.0 Å². The highest BCUT2D eigenvalue weighted by Crippen LogP contribution is 2.43. The Morgan fingerprint density at radius 2 is 2.11 bits per heavy atom. The molecule has 1 amide bonds. The first-order valence-electron chi connectivity index (χ1n) is 6.02. The van der Waals surface area contributed by atoms with Crippen molar-refractivity contribution in [3.63, 3.8) is 0 Å². The van der Waals surface area contributed by atoms with Gasteiger partial charge < -0.3 is 4.90 Å². The highest BCUT2D eigenvalue weighted by Gasteiger charge is 2.38. The molecule has 1 aliphatic heterocycles. The number of hydrogen-bond donors (Lipinski definition) is 0. The zero-order chi connectivity index (χ0) is 14.0. The van der Waals surface area contributed by atoms with Crippen molar-refractivity contribution >= 4 is 17.7 Å². The lowest BCUT2D eigenvalue weighted by Crippen LogP contribution is -2.30. The number of nitrogens with zero attached hydrogens (tertiary/aromatic N) is 1. The average molecular weight is 289 g/mol. The van der Waals surface area contributed by atoms with Crippen molar-refractivity contribution in [3.8, 4) is 0 Å². The van der Waals surface area contributed by atoms with Gasteiger partial charge in [0.25, 0.3) is 0 Å². The molecule has 0 saturated carbocycles. The maximum Gasteiger partial charge on any atom is 0.416 e. The van der Waals surface area contributed by atoms with Crippen LogP contribution in [0.5, 0.6) is 0 Å². The molecule has 1 saturated heterocycles. The number of benzene rings is 1. The summed E-state index contributed by atoms with van der Waals surface area (Å²) in [6.07, 6.45) is -4.08. The smallest absolute Gasteiger partial charge is 0.326 e. The van der Waals surface area contributed by atoms with Crippen molar-refractivity contribution in [1.29, 1.82) is 0 Å². The number of halogens is 3. The molecule has 1 aromatic rings. The molecular formula is C13H14F3NOS. The summed E-state index contributed by atoms with van der Waals surface area (Å²) in [4.78, 5) is 13.3. The molecule has 19 heavy (non-hydrogen) atoms. The average Bonchev–Trinajstić information content (AvgIpc) is 2.86. The van der Waals surface area contributed by atoms with Crippen LogP contribution in [0.1, 0.15) is 29.8 Å². The molecular weight excluding hydrogens is 275 g/mol. The Bertz CT molecular complexity index is 475. The van der Waals surface area contributed by atoms with E-state index in [2.05, 4.69) is 0 Å². The van der Waals surface area contributed by atoms with Crippen LogP contribution in [-0.4, -0.2) is 23.1 Å². The second kappa shape index (κ2) is 5.45. The molecule has 6 heteroatoms. The van der Waals surface area contributed by atoms with Crippen molar-refractivity contribution in [2.24, 2.45) is 0 Å². The van der Waals surface area contributed by atoms with Crippen molar-refractivity contribution in [2.75, 3.05) is 12.3 Å². The summed E-state index contributed by atoms with van der Waals surface area (Å²) in [5, 5.41) is -0.523. The summed E-state index contributed by atoms with van der Waals surface area (Å²) < 4.78 is 39.0. The Morgan fingerprint density at radius 1 is 1.42 bits per heavy atom. The predicted molar refractivity (Wildman–Crippen MR) is 68.6 cm³/mol. The van der Waals surface area contributed by atoms with E-state index in [0.717, 1.165) is 6.07 Å². The summed E-state index contributed by atoms with van der Waals surface area (Å²) >= 11 is 1.38. The molecule has 1 fully saturated rings. The molecule has 0 bridgehead atoms. The first-order valence-corrected chi connectivity index (χ1v) is 7.07. The van der Waals surface area contributed by atoms with Gasteiger partial charge >= 0.3 is 6.18 Å². The molecule has 1 aromatic carbocycles. The minimum atomic E-state index is -4.39. The second-order valence-electron chi connectivity index (χ2n) is 4.25. The fraction of sp³-hybridized carbons (Fsp3) is 0.462.